The number of nitro benzene ring substituents is 1. The first kappa shape index (κ1) is 12.5. The van der Waals surface area contributed by atoms with Crippen molar-refractivity contribution >= 4 is 5.69 Å². The molecule has 0 aliphatic carbocycles. The highest BCUT2D eigenvalue weighted by Crippen LogP contribution is 2.24. The highest BCUT2D eigenvalue weighted by atomic mass is 19.1. The second-order valence-electron chi connectivity index (χ2n) is 4.26. The van der Waals surface area contributed by atoms with Gasteiger partial charge in [-0.05, 0) is 19.4 Å². The summed E-state index contributed by atoms with van der Waals surface area (Å²) < 4.78 is 13.9. The van der Waals surface area contributed by atoms with E-state index in [9.17, 15) is 14.5 Å². The fourth-order valence-electron chi connectivity index (χ4n) is 2.21. The summed E-state index contributed by atoms with van der Waals surface area (Å²) >= 11 is 0. The molecule has 0 N–H and O–H groups in total. The Bertz CT molecular complexity index is 513. The lowest BCUT2D eigenvalue weighted by Gasteiger charge is -2.19. The van der Waals surface area contributed by atoms with Gasteiger partial charge in [0, 0.05) is 18.2 Å². The predicted octanol–water partition coefficient (Wildman–Crippen LogP) is 2.22. The number of nitrogens with zero attached hydrogens (tertiary/aromatic N) is 3. The summed E-state index contributed by atoms with van der Waals surface area (Å²) in [5, 5.41) is 19.6. The van der Waals surface area contributed by atoms with Crippen LogP contribution in [0.2, 0.25) is 0 Å². The lowest BCUT2D eigenvalue weighted by atomic mass is 10.1. The van der Waals surface area contributed by atoms with Crippen LogP contribution < -0.4 is 0 Å². The van der Waals surface area contributed by atoms with Crippen LogP contribution in [-0.2, 0) is 6.54 Å². The average Bonchev–Trinajstić information content (AvgIpc) is 2.78. The van der Waals surface area contributed by atoms with Gasteiger partial charge in [-0.1, -0.05) is 12.1 Å². The predicted molar refractivity (Wildman–Crippen MR) is 62.1 cm³/mol. The number of benzene rings is 1. The first-order valence-corrected chi connectivity index (χ1v) is 5.69. The Morgan fingerprint density at radius 2 is 2.39 bits per heavy atom. The van der Waals surface area contributed by atoms with Crippen molar-refractivity contribution in [3.63, 3.8) is 0 Å². The molecule has 6 heteroatoms. The molecule has 0 saturated carbocycles. The molecule has 18 heavy (non-hydrogen) atoms. The standard InChI is InChI=1S/C12H12FN3O2/c13-12-9(3-1-5-11(12)16(17)18)8-15-6-2-4-10(15)7-14/h1,3,5,10H,2,4,6,8H2. The maximum absolute atomic E-state index is 13.9. The molecule has 1 heterocycles. The summed E-state index contributed by atoms with van der Waals surface area (Å²) in [7, 11) is 0. The van der Waals surface area contributed by atoms with E-state index in [1.165, 1.54) is 12.1 Å². The maximum Gasteiger partial charge on any atom is 0.305 e. The summed E-state index contributed by atoms with van der Waals surface area (Å²) in [6.45, 7) is 0.964. The van der Waals surface area contributed by atoms with Crippen molar-refractivity contribution in [2.24, 2.45) is 0 Å². The Kier molecular flexibility index (Phi) is 3.53. The molecule has 1 aromatic carbocycles. The summed E-state index contributed by atoms with van der Waals surface area (Å²) in [5.74, 6) is -0.800. The molecule has 1 fully saturated rings. The summed E-state index contributed by atoms with van der Waals surface area (Å²) in [6.07, 6.45) is 1.67. The number of likely N-dealkylation sites (tertiary alicyclic amines) is 1. The Labute approximate surface area is 104 Å². The van der Waals surface area contributed by atoms with Crippen LogP contribution in [0.15, 0.2) is 18.2 Å². The van der Waals surface area contributed by atoms with Crippen LogP contribution >= 0.6 is 0 Å². The van der Waals surface area contributed by atoms with Gasteiger partial charge in [0.05, 0.1) is 17.0 Å². The van der Waals surface area contributed by atoms with Crippen LogP contribution in [0.25, 0.3) is 0 Å². The van der Waals surface area contributed by atoms with Crippen LogP contribution in [0.5, 0.6) is 0 Å². The Balaban J connectivity index is 2.22. The highest BCUT2D eigenvalue weighted by molar-refractivity contribution is 5.36. The summed E-state index contributed by atoms with van der Waals surface area (Å²) in [4.78, 5) is 11.7. The maximum atomic E-state index is 13.9. The number of nitriles is 1. The quantitative estimate of drug-likeness (QED) is 0.608. The van der Waals surface area contributed by atoms with E-state index in [2.05, 4.69) is 6.07 Å². The fraction of sp³-hybridized carbons (Fsp3) is 0.417. The Morgan fingerprint density at radius 3 is 3.06 bits per heavy atom. The van der Waals surface area contributed by atoms with Crippen molar-refractivity contribution in [1.29, 1.82) is 5.26 Å². The van der Waals surface area contributed by atoms with Crippen molar-refractivity contribution in [1.82, 2.24) is 4.90 Å². The van der Waals surface area contributed by atoms with Crippen molar-refractivity contribution in [2.75, 3.05) is 6.54 Å². The molecule has 0 spiro atoms. The molecule has 0 bridgehead atoms. The molecular weight excluding hydrogens is 237 g/mol. The molecule has 2 rings (SSSR count). The topological polar surface area (TPSA) is 70.2 Å². The molecule has 1 atom stereocenters. The minimum absolute atomic E-state index is 0.219. The number of hydrogen-bond acceptors (Lipinski definition) is 4. The third-order valence-corrected chi connectivity index (χ3v) is 3.14. The molecular formula is C12H12FN3O2. The molecule has 1 aliphatic heterocycles. The van der Waals surface area contributed by atoms with Gasteiger partial charge in [-0.15, -0.1) is 0 Å². The van der Waals surface area contributed by atoms with Gasteiger partial charge in [0.25, 0.3) is 0 Å². The molecule has 5 nitrogen and oxygen atoms in total. The number of rotatable bonds is 3. The number of hydrogen-bond donors (Lipinski definition) is 0. The molecule has 0 radical (unpaired) electrons. The second-order valence-corrected chi connectivity index (χ2v) is 4.26. The van der Waals surface area contributed by atoms with Gasteiger partial charge in [-0.25, -0.2) is 0 Å². The summed E-state index contributed by atoms with van der Waals surface area (Å²) in [6, 6.07) is 6.07. The van der Waals surface area contributed by atoms with Gasteiger partial charge in [-0.2, -0.15) is 9.65 Å². The van der Waals surface area contributed by atoms with Crippen LogP contribution in [0.4, 0.5) is 10.1 Å². The largest absolute Gasteiger partial charge is 0.305 e. The smallest absolute Gasteiger partial charge is 0.284 e. The van der Waals surface area contributed by atoms with E-state index in [-0.39, 0.29) is 18.2 Å². The van der Waals surface area contributed by atoms with Crippen LogP contribution in [0.1, 0.15) is 18.4 Å². The zero-order chi connectivity index (χ0) is 13.1. The molecule has 1 aromatic rings. The number of nitro groups is 1. The fourth-order valence-corrected chi connectivity index (χ4v) is 2.21. The van der Waals surface area contributed by atoms with Gasteiger partial charge in [0.15, 0.2) is 0 Å². The lowest BCUT2D eigenvalue weighted by molar-refractivity contribution is -0.387. The van der Waals surface area contributed by atoms with E-state index in [1.54, 1.807) is 0 Å². The molecule has 0 aromatic heterocycles. The molecule has 1 aliphatic rings. The second kappa shape index (κ2) is 5.10. The molecule has 0 amide bonds. The summed E-state index contributed by atoms with van der Waals surface area (Å²) in [5.41, 5.74) is -0.244. The van der Waals surface area contributed by atoms with Crippen LogP contribution in [-0.4, -0.2) is 22.4 Å². The van der Waals surface area contributed by atoms with E-state index < -0.39 is 16.4 Å². The molecule has 94 valence electrons. The average molecular weight is 249 g/mol. The van der Waals surface area contributed by atoms with E-state index in [1.807, 2.05) is 4.90 Å². The van der Waals surface area contributed by atoms with Gasteiger partial charge >= 0.3 is 5.69 Å². The van der Waals surface area contributed by atoms with Crippen molar-refractivity contribution in [3.8, 4) is 6.07 Å². The van der Waals surface area contributed by atoms with E-state index in [0.717, 1.165) is 25.5 Å². The van der Waals surface area contributed by atoms with Crippen molar-refractivity contribution in [3.05, 3.63) is 39.7 Å². The van der Waals surface area contributed by atoms with Gasteiger partial charge < -0.3 is 0 Å². The van der Waals surface area contributed by atoms with Gasteiger partial charge in [0.1, 0.15) is 0 Å². The van der Waals surface area contributed by atoms with Crippen LogP contribution in [0, 0.1) is 27.3 Å². The van der Waals surface area contributed by atoms with E-state index >= 15 is 0 Å². The van der Waals surface area contributed by atoms with Gasteiger partial charge in [0.2, 0.25) is 5.82 Å². The normalized spacial score (nSPS) is 19.7. The first-order chi connectivity index (χ1) is 8.63. The Hall–Kier alpha value is -2.00. The van der Waals surface area contributed by atoms with Crippen molar-refractivity contribution in [2.45, 2.75) is 25.4 Å². The minimum Gasteiger partial charge on any atom is -0.284 e. The lowest BCUT2D eigenvalue weighted by Crippen LogP contribution is -2.27. The van der Waals surface area contributed by atoms with E-state index in [4.69, 9.17) is 5.26 Å². The van der Waals surface area contributed by atoms with Crippen LogP contribution in [0.3, 0.4) is 0 Å². The SMILES string of the molecule is N#CC1CCCN1Cc1cccc([N+](=O)[O-])c1F. The third kappa shape index (κ3) is 2.31. The Morgan fingerprint density at radius 1 is 1.61 bits per heavy atom. The zero-order valence-corrected chi connectivity index (χ0v) is 9.67. The molecule has 1 saturated heterocycles. The number of halogens is 1. The minimum atomic E-state index is -0.800. The monoisotopic (exact) mass is 249 g/mol. The van der Waals surface area contributed by atoms with Gasteiger partial charge in [-0.3, -0.25) is 15.0 Å². The highest BCUT2D eigenvalue weighted by Gasteiger charge is 2.26. The van der Waals surface area contributed by atoms with Crippen molar-refractivity contribution < 1.29 is 9.31 Å². The third-order valence-electron chi connectivity index (χ3n) is 3.14. The zero-order valence-electron chi connectivity index (χ0n) is 9.67. The molecule has 1 unspecified atom stereocenters. The van der Waals surface area contributed by atoms with E-state index in [0.29, 0.717) is 0 Å². The first-order valence-electron chi connectivity index (χ1n) is 5.69.